The average Bonchev–Trinajstić information content (AvgIpc) is 2.82. The summed E-state index contributed by atoms with van der Waals surface area (Å²) in [5.74, 6) is -0.344. The molecule has 1 unspecified atom stereocenters. The SMILES string of the molecule is COC(CNC(=O)NCCc1ncc[nH]1)C(=O)O. The van der Waals surface area contributed by atoms with E-state index in [0.29, 0.717) is 13.0 Å². The van der Waals surface area contributed by atoms with Crippen molar-refractivity contribution in [3.8, 4) is 0 Å². The number of methoxy groups -OCH3 is 1. The molecule has 0 saturated heterocycles. The molecule has 0 aliphatic carbocycles. The van der Waals surface area contributed by atoms with Crippen molar-refractivity contribution in [2.75, 3.05) is 20.2 Å². The average molecular weight is 256 g/mol. The number of hydrogen-bond acceptors (Lipinski definition) is 4. The second-order valence-corrected chi connectivity index (χ2v) is 3.49. The molecule has 1 atom stereocenters. The van der Waals surface area contributed by atoms with E-state index in [2.05, 4.69) is 25.3 Å². The molecule has 0 radical (unpaired) electrons. The van der Waals surface area contributed by atoms with E-state index in [1.807, 2.05) is 0 Å². The molecule has 1 aromatic heterocycles. The number of hydrogen-bond donors (Lipinski definition) is 4. The monoisotopic (exact) mass is 256 g/mol. The second-order valence-electron chi connectivity index (χ2n) is 3.49. The van der Waals surface area contributed by atoms with Crippen LogP contribution in [0.1, 0.15) is 5.82 Å². The first-order valence-corrected chi connectivity index (χ1v) is 5.39. The van der Waals surface area contributed by atoms with E-state index in [0.717, 1.165) is 5.82 Å². The van der Waals surface area contributed by atoms with Crippen LogP contribution in [-0.4, -0.2) is 53.4 Å². The van der Waals surface area contributed by atoms with E-state index < -0.39 is 18.1 Å². The number of imidazole rings is 1. The zero-order valence-corrected chi connectivity index (χ0v) is 9.97. The number of nitrogens with one attached hydrogen (secondary N) is 3. The summed E-state index contributed by atoms with van der Waals surface area (Å²) in [4.78, 5) is 28.8. The third-order valence-electron chi connectivity index (χ3n) is 2.21. The number of aromatic amines is 1. The molecule has 1 aromatic rings. The van der Waals surface area contributed by atoms with Gasteiger partial charge in [0.15, 0.2) is 6.10 Å². The molecular weight excluding hydrogens is 240 g/mol. The fraction of sp³-hybridized carbons (Fsp3) is 0.500. The fourth-order valence-electron chi connectivity index (χ4n) is 1.25. The Morgan fingerprint density at radius 3 is 2.89 bits per heavy atom. The van der Waals surface area contributed by atoms with Gasteiger partial charge in [0.05, 0.1) is 6.54 Å². The number of carboxylic acid groups (broad SMARTS) is 1. The van der Waals surface area contributed by atoms with Crippen LogP contribution in [0.5, 0.6) is 0 Å². The quantitative estimate of drug-likeness (QED) is 0.517. The molecule has 0 bridgehead atoms. The summed E-state index contributed by atoms with van der Waals surface area (Å²) in [5.41, 5.74) is 0. The Bertz CT molecular complexity index is 379. The van der Waals surface area contributed by atoms with Crippen LogP contribution < -0.4 is 10.6 Å². The van der Waals surface area contributed by atoms with Gasteiger partial charge in [-0.15, -0.1) is 0 Å². The Balaban J connectivity index is 2.15. The van der Waals surface area contributed by atoms with Crippen molar-refractivity contribution in [1.82, 2.24) is 20.6 Å². The number of aliphatic carboxylic acids is 1. The molecule has 100 valence electrons. The van der Waals surface area contributed by atoms with Crippen LogP contribution in [0.25, 0.3) is 0 Å². The van der Waals surface area contributed by atoms with Gasteiger partial charge in [-0.3, -0.25) is 0 Å². The summed E-state index contributed by atoms with van der Waals surface area (Å²) >= 11 is 0. The van der Waals surface area contributed by atoms with E-state index in [9.17, 15) is 9.59 Å². The highest BCUT2D eigenvalue weighted by Gasteiger charge is 2.16. The van der Waals surface area contributed by atoms with Gasteiger partial charge < -0.3 is 25.5 Å². The van der Waals surface area contributed by atoms with Crippen molar-refractivity contribution in [3.63, 3.8) is 0 Å². The van der Waals surface area contributed by atoms with Crippen LogP contribution in [0.3, 0.4) is 0 Å². The zero-order chi connectivity index (χ0) is 13.4. The Labute approximate surface area is 104 Å². The van der Waals surface area contributed by atoms with Gasteiger partial charge in [-0.25, -0.2) is 14.6 Å². The summed E-state index contributed by atoms with van der Waals surface area (Å²) in [6.07, 6.45) is 2.87. The fourth-order valence-corrected chi connectivity index (χ4v) is 1.25. The van der Waals surface area contributed by atoms with Crippen molar-refractivity contribution < 1.29 is 19.4 Å². The molecule has 0 aliphatic rings. The lowest BCUT2D eigenvalue weighted by Gasteiger charge is -2.12. The van der Waals surface area contributed by atoms with Crippen LogP contribution >= 0.6 is 0 Å². The highest BCUT2D eigenvalue weighted by molar-refractivity contribution is 5.76. The normalized spacial score (nSPS) is 11.8. The van der Waals surface area contributed by atoms with Gasteiger partial charge in [-0.2, -0.15) is 0 Å². The molecule has 0 aromatic carbocycles. The first kappa shape index (κ1) is 14.0. The van der Waals surface area contributed by atoms with E-state index in [-0.39, 0.29) is 6.54 Å². The molecular formula is C10H16N4O4. The molecule has 0 spiro atoms. The van der Waals surface area contributed by atoms with E-state index in [4.69, 9.17) is 5.11 Å². The van der Waals surface area contributed by atoms with Crippen LogP contribution in [0, 0.1) is 0 Å². The molecule has 0 aliphatic heterocycles. The summed E-state index contributed by atoms with van der Waals surface area (Å²) in [6, 6.07) is -0.440. The lowest BCUT2D eigenvalue weighted by atomic mass is 10.3. The van der Waals surface area contributed by atoms with Gasteiger partial charge in [-0.1, -0.05) is 0 Å². The number of urea groups is 1. The van der Waals surface area contributed by atoms with Crippen molar-refractivity contribution in [2.45, 2.75) is 12.5 Å². The van der Waals surface area contributed by atoms with Crippen molar-refractivity contribution in [2.24, 2.45) is 0 Å². The van der Waals surface area contributed by atoms with Gasteiger partial charge in [-0.05, 0) is 0 Å². The zero-order valence-electron chi connectivity index (χ0n) is 9.97. The number of nitrogens with zero attached hydrogens (tertiary/aromatic N) is 1. The number of amides is 2. The smallest absolute Gasteiger partial charge is 0.334 e. The topological polar surface area (TPSA) is 116 Å². The maximum absolute atomic E-state index is 11.3. The Kier molecular flexibility index (Phi) is 5.65. The number of aromatic nitrogens is 2. The van der Waals surface area contributed by atoms with Crippen molar-refractivity contribution >= 4 is 12.0 Å². The number of carbonyl (C=O) groups is 2. The molecule has 18 heavy (non-hydrogen) atoms. The maximum Gasteiger partial charge on any atom is 0.334 e. The summed E-state index contributed by atoms with van der Waals surface area (Å²) in [7, 11) is 1.27. The van der Waals surface area contributed by atoms with E-state index >= 15 is 0 Å². The first-order chi connectivity index (χ1) is 8.63. The van der Waals surface area contributed by atoms with Crippen molar-refractivity contribution in [3.05, 3.63) is 18.2 Å². The molecule has 4 N–H and O–H groups in total. The highest BCUT2D eigenvalue weighted by Crippen LogP contribution is 1.89. The molecule has 2 amide bonds. The van der Waals surface area contributed by atoms with E-state index in [1.165, 1.54) is 7.11 Å². The van der Waals surface area contributed by atoms with Crippen LogP contribution in [0.4, 0.5) is 4.79 Å². The molecule has 0 fully saturated rings. The largest absolute Gasteiger partial charge is 0.479 e. The van der Waals surface area contributed by atoms with Gasteiger partial charge in [0.2, 0.25) is 0 Å². The second kappa shape index (κ2) is 7.28. The first-order valence-electron chi connectivity index (χ1n) is 5.39. The molecule has 8 nitrogen and oxygen atoms in total. The van der Waals surface area contributed by atoms with Gasteiger partial charge in [0, 0.05) is 32.5 Å². The van der Waals surface area contributed by atoms with Gasteiger partial charge in [0.25, 0.3) is 0 Å². The number of carboxylic acids is 1. The minimum Gasteiger partial charge on any atom is -0.479 e. The van der Waals surface area contributed by atoms with Crippen LogP contribution in [-0.2, 0) is 16.0 Å². The van der Waals surface area contributed by atoms with E-state index in [1.54, 1.807) is 12.4 Å². The van der Waals surface area contributed by atoms with Crippen molar-refractivity contribution in [1.29, 1.82) is 0 Å². The van der Waals surface area contributed by atoms with Gasteiger partial charge in [0.1, 0.15) is 5.82 Å². The standard InChI is InChI=1S/C10H16N4O4/c1-18-7(9(15)16)6-14-10(17)13-3-2-8-11-4-5-12-8/h4-5,7H,2-3,6H2,1H3,(H,11,12)(H,15,16)(H2,13,14,17). The number of carbonyl (C=O) groups excluding carboxylic acids is 1. The Morgan fingerprint density at radius 2 is 2.33 bits per heavy atom. The molecule has 1 heterocycles. The summed E-state index contributed by atoms with van der Waals surface area (Å²) < 4.78 is 4.67. The van der Waals surface area contributed by atoms with Crippen LogP contribution in [0.2, 0.25) is 0 Å². The molecule has 1 rings (SSSR count). The summed E-state index contributed by atoms with van der Waals surface area (Å²) in [6.45, 7) is 0.322. The predicted octanol–water partition coefficient (Wildman–Crippen LogP) is -0.649. The Morgan fingerprint density at radius 1 is 1.56 bits per heavy atom. The minimum absolute atomic E-state index is 0.0849. The summed E-state index contributed by atoms with van der Waals surface area (Å²) in [5, 5.41) is 13.7. The lowest BCUT2D eigenvalue weighted by Crippen LogP contribution is -2.43. The third kappa shape index (κ3) is 4.83. The Hall–Kier alpha value is -2.09. The van der Waals surface area contributed by atoms with Gasteiger partial charge >= 0.3 is 12.0 Å². The number of rotatable bonds is 7. The number of ether oxygens (including phenoxy) is 1. The predicted molar refractivity (Wildman–Crippen MR) is 62.1 cm³/mol. The lowest BCUT2D eigenvalue weighted by molar-refractivity contribution is -0.147. The minimum atomic E-state index is -1.12. The maximum atomic E-state index is 11.3. The third-order valence-corrected chi connectivity index (χ3v) is 2.21. The molecule has 8 heteroatoms. The van der Waals surface area contributed by atoms with Crippen LogP contribution in [0.15, 0.2) is 12.4 Å². The highest BCUT2D eigenvalue weighted by atomic mass is 16.5. The molecule has 0 saturated carbocycles. The number of H-pyrrole nitrogens is 1.